The summed E-state index contributed by atoms with van der Waals surface area (Å²) in [5.41, 5.74) is 1.20. The first-order valence-electron chi connectivity index (χ1n) is 7.96. The van der Waals surface area contributed by atoms with E-state index in [0.29, 0.717) is 18.0 Å². The molecule has 0 aromatic heterocycles. The lowest BCUT2D eigenvalue weighted by Gasteiger charge is -2.48. The van der Waals surface area contributed by atoms with Crippen LogP contribution in [0.4, 0.5) is 0 Å². The number of nitrogens with zero attached hydrogens (tertiary/aromatic N) is 1. The van der Waals surface area contributed by atoms with E-state index in [4.69, 9.17) is 6.42 Å². The summed E-state index contributed by atoms with van der Waals surface area (Å²) in [5, 5.41) is 3.71. The highest BCUT2D eigenvalue weighted by atomic mass is 15.3. The Bertz CT molecular complexity index is 484. The Labute approximate surface area is 129 Å². The van der Waals surface area contributed by atoms with Crippen LogP contribution in [0.5, 0.6) is 0 Å². The molecule has 2 rings (SSSR count). The van der Waals surface area contributed by atoms with E-state index in [-0.39, 0.29) is 5.54 Å². The smallest absolute Gasteiger partial charge is 0.0769 e. The first-order valence-corrected chi connectivity index (χ1v) is 7.96. The molecule has 2 nitrogen and oxygen atoms in total. The van der Waals surface area contributed by atoms with Gasteiger partial charge in [0.1, 0.15) is 0 Å². The third-order valence-electron chi connectivity index (χ3n) is 4.60. The van der Waals surface area contributed by atoms with Gasteiger partial charge in [-0.05, 0) is 31.7 Å². The van der Waals surface area contributed by atoms with Gasteiger partial charge in [-0.2, -0.15) is 0 Å². The van der Waals surface area contributed by atoms with Crippen LogP contribution in [-0.2, 0) is 6.42 Å². The molecular formula is C19H28N2. The van der Waals surface area contributed by atoms with Crippen LogP contribution in [0.25, 0.3) is 0 Å². The van der Waals surface area contributed by atoms with Crippen molar-refractivity contribution < 1.29 is 0 Å². The summed E-state index contributed by atoms with van der Waals surface area (Å²) >= 11 is 0. The zero-order chi connectivity index (χ0) is 15.5. The summed E-state index contributed by atoms with van der Waals surface area (Å²) in [4.78, 5) is 2.52. The van der Waals surface area contributed by atoms with Gasteiger partial charge in [0.15, 0.2) is 0 Å². The minimum Gasteiger partial charge on any atom is -0.311 e. The number of benzene rings is 1. The van der Waals surface area contributed by atoms with E-state index in [2.05, 4.69) is 74.2 Å². The van der Waals surface area contributed by atoms with Gasteiger partial charge in [0.25, 0.3) is 0 Å². The lowest BCUT2D eigenvalue weighted by Crippen LogP contribution is -2.64. The van der Waals surface area contributed by atoms with E-state index in [1.807, 2.05) is 0 Å². The highest BCUT2D eigenvalue weighted by molar-refractivity contribution is 5.17. The van der Waals surface area contributed by atoms with Crippen LogP contribution >= 0.6 is 0 Å². The number of nitrogens with one attached hydrogen (secondary N) is 1. The summed E-state index contributed by atoms with van der Waals surface area (Å²) in [5.74, 6) is 3.58. The fraction of sp³-hybridized carbons (Fsp3) is 0.579. The zero-order valence-corrected chi connectivity index (χ0v) is 13.8. The lowest BCUT2D eigenvalue weighted by molar-refractivity contribution is 0.0390. The van der Waals surface area contributed by atoms with Crippen LogP contribution in [0.1, 0.15) is 33.3 Å². The second kappa shape index (κ2) is 6.64. The topological polar surface area (TPSA) is 15.3 Å². The van der Waals surface area contributed by atoms with Crippen molar-refractivity contribution in [3.8, 4) is 12.3 Å². The van der Waals surface area contributed by atoms with Gasteiger partial charge in [0, 0.05) is 25.2 Å². The molecule has 0 amide bonds. The van der Waals surface area contributed by atoms with E-state index in [1.165, 1.54) is 5.56 Å². The van der Waals surface area contributed by atoms with Crippen molar-refractivity contribution in [2.75, 3.05) is 13.1 Å². The predicted octanol–water partition coefficient (Wildman–Crippen LogP) is 2.94. The molecule has 0 radical (unpaired) electrons. The molecule has 1 aromatic rings. The van der Waals surface area contributed by atoms with Gasteiger partial charge in [-0.1, -0.05) is 50.1 Å². The van der Waals surface area contributed by atoms with Gasteiger partial charge < -0.3 is 5.32 Å². The largest absolute Gasteiger partial charge is 0.311 e. The van der Waals surface area contributed by atoms with Crippen molar-refractivity contribution in [2.45, 2.75) is 51.7 Å². The maximum absolute atomic E-state index is 5.79. The van der Waals surface area contributed by atoms with Crippen LogP contribution in [0.15, 0.2) is 30.3 Å². The SMILES string of the molecule is C#CC(C)(C)N1CC(Cc2ccccc2)NCC1C(C)C. The first-order chi connectivity index (χ1) is 9.94. The molecule has 1 N–H and O–H groups in total. The van der Waals surface area contributed by atoms with Crippen LogP contribution in [0.3, 0.4) is 0 Å². The third-order valence-corrected chi connectivity index (χ3v) is 4.60. The number of hydrogen-bond acceptors (Lipinski definition) is 2. The molecule has 21 heavy (non-hydrogen) atoms. The molecule has 0 bridgehead atoms. The predicted molar refractivity (Wildman–Crippen MR) is 90.2 cm³/mol. The van der Waals surface area contributed by atoms with Crippen LogP contribution in [0.2, 0.25) is 0 Å². The number of hydrogen-bond donors (Lipinski definition) is 1. The maximum Gasteiger partial charge on any atom is 0.0769 e. The Balaban J connectivity index is 2.11. The Morgan fingerprint density at radius 1 is 1.33 bits per heavy atom. The molecule has 2 atom stereocenters. The zero-order valence-electron chi connectivity index (χ0n) is 13.8. The molecule has 0 saturated carbocycles. The summed E-state index contributed by atoms with van der Waals surface area (Å²) in [6.07, 6.45) is 6.84. The molecule has 2 unspecified atom stereocenters. The number of piperazine rings is 1. The maximum atomic E-state index is 5.79. The van der Waals surface area contributed by atoms with Crippen molar-refractivity contribution in [1.82, 2.24) is 10.2 Å². The van der Waals surface area contributed by atoms with Crippen LogP contribution in [0, 0.1) is 18.3 Å². The van der Waals surface area contributed by atoms with Crippen LogP contribution in [-0.4, -0.2) is 35.6 Å². The minimum atomic E-state index is -0.189. The fourth-order valence-corrected chi connectivity index (χ4v) is 3.19. The van der Waals surface area contributed by atoms with Gasteiger partial charge in [-0.3, -0.25) is 4.90 Å². The average molecular weight is 284 g/mol. The van der Waals surface area contributed by atoms with Crippen molar-refractivity contribution in [2.24, 2.45) is 5.92 Å². The average Bonchev–Trinajstić information content (AvgIpc) is 2.48. The molecule has 0 spiro atoms. The Morgan fingerprint density at radius 3 is 2.57 bits per heavy atom. The van der Waals surface area contributed by atoms with E-state index in [0.717, 1.165) is 19.5 Å². The number of rotatable bonds is 4. The molecule has 1 aliphatic rings. The minimum absolute atomic E-state index is 0.189. The molecule has 1 aromatic carbocycles. The second-order valence-electron chi connectivity index (χ2n) is 6.96. The van der Waals surface area contributed by atoms with Gasteiger partial charge in [-0.15, -0.1) is 6.42 Å². The quantitative estimate of drug-likeness (QED) is 0.855. The molecule has 114 valence electrons. The van der Waals surface area contributed by atoms with Crippen molar-refractivity contribution >= 4 is 0 Å². The van der Waals surface area contributed by atoms with Gasteiger partial charge >= 0.3 is 0 Å². The molecule has 2 heteroatoms. The standard InChI is InChI=1S/C19H28N2/c1-6-19(4,5)21-14-17(20-13-18(21)15(2)3)12-16-10-8-7-9-11-16/h1,7-11,15,17-18,20H,12-14H2,2-5H3. The van der Waals surface area contributed by atoms with E-state index < -0.39 is 0 Å². The number of terminal acetylenes is 1. The van der Waals surface area contributed by atoms with Crippen molar-refractivity contribution in [3.63, 3.8) is 0 Å². The summed E-state index contributed by atoms with van der Waals surface area (Å²) in [6.45, 7) is 10.9. The Hall–Kier alpha value is -1.30. The lowest BCUT2D eigenvalue weighted by atomic mass is 9.90. The van der Waals surface area contributed by atoms with Crippen LogP contribution < -0.4 is 5.32 Å². The highest BCUT2D eigenvalue weighted by Gasteiger charge is 2.37. The molecule has 1 heterocycles. The Kier molecular flexibility index (Phi) is 5.08. The summed E-state index contributed by atoms with van der Waals surface area (Å²) in [7, 11) is 0. The second-order valence-corrected chi connectivity index (χ2v) is 6.96. The molecule has 1 fully saturated rings. The Morgan fingerprint density at radius 2 is 2.00 bits per heavy atom. The highest BCUT2D eigenvalue weighted by Crippen LogP contribution is 2.25. The van der Waals surface area contributed by atoms with Crippen molar-refractivity contribution in [3.05, 3.63) is 35.9 Å². The normalized spacial score (nSPS) is 24.0. The van der Waals surface area contributed by atoms with E-state index >= 15 is 0 Å². The summed E-state index contributed by atoms with van der Waals surface area (Å²) < 4.78 is 0. The first kappa shape index (κ1) is 16.1. The van der Waals surface area contributed by atoms with Crippen molar-refractivity contribution in [1.29, 1.82) is 0 Å². The van der Waals surface area contributed by atoms with E-state index in [9.17, 15) is 0 Å². The third kappa shape index (κ3) is 3.87. The molecule has 1 saturated heterocycles. The molecule has 1 aliphatic heterocycles. The molecular weight excluding hydrogens is 256 g/mol. The van der Waals surface area contributed by atoms with E-state index in [1.54, 1.807) is 0 Å². The van der Waals surface area contributed by atoms with Gasteiger partial charge in [0.05, 0.1) is 5.54 Å². The monoisotopic (exact) mass is 284 g/mol. The molecule has 0 aliphatic carbocycles. The fourth-order valence-electron chi connectivity index (χ4n) is 3.19. The van der Waals surface area contributed by atoms with Gasteiger partial charge in [-0.25, -0.2) is 0 Å². The van der Waals surface area contributed by atoms with Gasteiger partial charge in [0.2, 0.25) is 0 Å². The summed E-state index contributed by atoms with van der Waals surface area (Å²) in [6, 6.07) is 11.7.